The fourth-order valence-corrected chi connectivity index (χ4v) is 4.80. The summed E-state index contributed by atoms with van der Waals surface area (Å²) in [5, 5.41) is 17.8. The summed E-state index contributed by atoms with van der Waals surface area (Å²) in [4.78, 5) is 47.7. The molecule has 1 fully saturated rings. The maximum atomic E-state index is 13.2. The maximum Gasteiger partial charge on any atom is 0.414 e. The Bertz CT molecular complexity index is 1100. The fourth-order valence-electron chi connectivity index (χ4n) is 4.80. The van der Waals surface area contributed by atoms with Gasteiger partial charge in [0, 0.05) is 43.3 Å². The van der Waals surface area contributed by atoms with Crippen molar-refractivity contribution in [1.29, 1.82) is 0 Å². The molecule has 0 aliphatic carbocycles. The lowest BCUT2D eigenvalue weighted by Gasteiger charge is -2.37. The third-order valence-electron chi connectivity index (χ3n) is 6.97. The van der Waals surface area contributed by atoms with E-state index in [4.69, 9.17) is 19.8 Å². The zero-order valence-corrected chi connectivity index (χ0v) is 21.4. The number of likely N-dealkylation sites (N-methyl/N-ethyl adjacent to an activating group) is 1. The van der Waals surface area contributed by atoms with Gasteiger partial charge in [-0.2, -0.15) is 0 Å². The molecule has 0 atom stereocenters. The number of nitrogens with zero attached hydrogens (tertiary/aromatic N) is 2. The highest BCUT2D eigenvalue weighted by Crippen LogP contribution is 2.30. The SMILES string of the molecule is CCc1cc(C(=O)N2CCC(N(C)CCc3ccccc3)CC2)cc2c1NC(=O)CC2.O=C(O)C(=O)O. The Morgan fingerprint density at radius 2 is 1.68 bits per heavy atom. The van der Waals surface area contributed by atoms with E-state index in [1.807, 2.05) is 17.0 Å². The van der Waals surface area contributed by atoms with E-state index in [9.17, 15) is 9.59 Å². The Morgan fingerprint density at radius 1 is 1.03 bits per heavy atom. The highest BCUT2D eigenvalue weighted by Gasteiger charge is 2.27. The van der Waals surface area contributed by atoms with Crippen LogP contribution in [0.2, 0.25) is 0 Å². The standard InChI is InChI=1S/C26H33N3O2.C2H2O4/c1-3-20-17-22(18-21-9-10-24(30)27-25(20)21)26(31)29-15-12-23(13-16-29)28(2)14-11-19-7-5-4-6-8-19;3-1(4)2(5)6/h4-8,17-18,23H,3,9-16H2,1-2H3,(H,27,30);(H,3,4)(H,5,6). The number of hydrogen-bond acceptors (Lipinski definition) is 5. The third kappa shape index (κ3) is 7.63. The van der Waals surface area contributed by atoms with Gasteiger partial charge in [0.2, 0.25) is 5.91 Å². The number of fused-ring (bicyclic) bond motifs is 1. The molecule has 2 aromatic carbocycles. The lowest BCUT2D eigenvalue weighted by atomic mass is 9.94. The molecule has 9 heteroatoms. The Hall–Kier alpha value is -3.72. The van der Waals surface area contributed by atoms with Crippen LogP contribution in [-0.2, 0) is 33.6 Å². The number of carboxylic acid groups (broad SMARTS) is 2. The molecule has 2 heterocycles. The predicted octanol–water partition coefficient (Wildman–Crippen LogP) is 3.07. The third-order valence-corrected chi connectivity index (χ3v) is 6.97. The van der Waals surface area contributed by atoms with E-state index in [0.717, 1.165) is 67.7 Å². The van der Waals surface area contributed by atoms with Crippen molar-refractivity contribution in [1.82, 2.24) is 9.80 Å². The number of amides is 2. The number of hydrogen-bond donors (Lipinski definition) is 3. The van der Waals surface area contributed by atoms with Gasteiger partial charge in [-0.3, -0.25) is 9.59 Å². The van der Waals surface area contributed by atoms with Gasteiger partial charge in [0.15, 0.2) is 0 Å². The van der Waals surface area contributed by atoms with Gasteiger partial charge in [-0.1, -0.05) is 37.3 Å². The van der Waals surface area contributed by atoms with Crippen LogP contribution in [0.4, 0.5) is 5.69 Å². The molecule has 0 bridgehead atoms. The monoisotopic (exact) mass is 509 g/mol. The molecule has 0 spiro atoms. The first-order valence-corrected chi connectivity index (χ1v) is 12.6. The van der Waals surface area contributed by atoms with Crippen LogP contribution in [0.3, 0.4) is 0 Å². The molecular formula is C28H35N3O6. The first-order chi connectivity index (χ1) is 17.7. The first kappa shape index (κ1) is 27.9. The van der Waals surface area contributed by atoms with Gasteiger partial charge in [0.25, 0.3) is 5.91 Å². The van der Waals surface area contributed by atoms with E-state index in [2.05, 4.69) is 54.5 Å². The van der Waals surface area contributed by atoms with Crippen molar-refractivity contribution < 1.29 is 29.4 Å². The number of aliphatic carboxylic acids is 2. The second-order valence-corrected chi connectivity index (χ2v) is 9.42. The smallest absolute Gasteiger partial charge is 0.414 e. The molecular weight excluding hydrogens is 474 g/mol. The minimum atomic E-state index is -1.82. The minimum absolute atomic E-state index is 0.0692. The molecule has 4 rings (SSSR count). The molecule has 9 nitrogen and oxygen atoms in total. The van der Waals surface area contributed by atoms with Gasteiger partial charge < -0.3 is 25.3 Å². The van der Waals surface area contributed by atoms with Crippen molar-refractivity contribution in [2.24, 2.45) is 0 Å². The van der Waals surface area contributed by atoms with Crippen LogP contribution in [0.15, 0.2) is 42.5 Å². The molecule has 0 saturated carbocycles. The first-order valence-electron chi connectivity index (χ1n) is 12.6. The predicted molar refractivity (Wildman–Crippen MR) is 140 cm³/mol. The Balaban J connectivity index is 0.000000568. The number of carbonyl (C=O) groups is 4. The van der Waals surface area contributed by atoms with Crippen LogP contribution in [0, 0.1) is 0 Å². The second-order valence-electron chi connectivity index (χ2n) is 9.42. The largest absolute Gasteiger partial charge is 0.473 e. The van der Waals surface area contributed by atoms with Crippen LogP contribution in [-0.4, -0.2) is 76.5 Å². The van der Waals surface area contributed by atoms with E-state index in [1.54, 1.807) is 0 Å². The number of carbonyl (C=O) groups excluding carboxylic acids is 2. The minimum Gasteiger partial charge on any atom is -0.473 e. The molecule has 37 heavy (non-hydrogen) atoms. The summed E-state index contributed by atoms with van der Waals surface area (Å²) in [6, 6.07) is 15.1. The number of anilines is 1. The van der Waals surface area contributed by atoms with E-state index < -0.39 is 11.9 Å². The van der Waals surface area contributed by atoms with Gasteiger partial charge in [0.1, 0.15) is 0 Å². The van der Waals surface area contributed by atoms with Crippen molar-refractivity contribution in [3.05, 3.63) is 64.7 Å². The van der Waals surface area contributed by atoms with Crippen LogP contribution in [0.5, 0.6) is 0 Å². The summed E-state index contributed by atoms with van der Waals surface area (Å²) in [6.07, 6.45) is 5.09. The van der Waals surface area contributed by atoms with Gasteiger partial charge in [-0.05, 0) is 68.0 Å². The average Bonchev–Trinajstić information content (AvgIpc) is 2.91. The Labute approximate surface area is 217 Å². The highest BCUT2D eigenvalue weighted by atomic mass is 16.4. The number of piperidine rings is 1. The van der Waals surface area contributed by atoms with Crippen molar-refractivity contribution in [3.8, 4) is 0 Å². The molecule has 0 unspecified atom stereocenters. The Morgan fingerprint density at radius 3 is 2.27 bits per heavy atom. The summed E-state index contributed by atoms with van der Waals surface area (Å²) in [5.41, 5.74) is 5.22. The van der Waals surface area contributed by atoms with Crippen molar-refractivity contribution >= 4 is 29.4 Å². The van der Waals surface area contributed by atoms with E-state index in [-0.39, 0.29) is 11.8 Å². The summed E-state index contributed by atoms with van der Waals surface area (Å²) < 4.78 is 0. The summed E-state index contributed by atoms with van der Waals surface area (Å²) >= 11 is 0. The van der Waals surface area contributed by atoms with E-state index in [1.165, 1.54) is 5.56 Å². The molecule has 3 N–H and O–H groups in total. The van der Waals surface area contributed by atoms with Gasteiger partial charge >= 0.3 is 11.9 Å². The summed E-state index contributed by atoms with van der Waals surface area (Å²) in [7, 11) is 2.20. The topological polar surface area (TPSA) is 127 Å². The quantitative estimate of drug-likeness (QED) is 0.511. The number of aryl methyl sites for hydroxylation is 2. The van der Waals surface area contributed by atoms with E-state index in [0.29, 0.717) is 18.9 Å². The number of likely N-dealkylation sites (tertiary alicyclic amines) is 1. The normalized spacial score (nSPS) is 15.3. The highest BCUT2D eigenvalue weighted by molar-refractivity contribution is 6.27. The number of nitrogens with one attached hydrogen (secondary N) is 1. The summed E-state index contributed by atoms with van der Waals surface area (Å²) in [5.74, 6) is -3.45. The molecule has 2 aromatic rings. The van der Waals surface area contributed by atoms with Crippen LogP contribution < -0.4 is 5.32 Å². The van der Waals surface area contributed by atoms with Crippen molar-refractivity contribution in [2.75, 3.05) is 32.0 Å². The molecule has 2 amide bonds. The second kappa shape index (κ2) is 13.0. The number of carboxylic acids is 2. The molecule has 0 radical (unpaired) electrons. The zero-order chi connectivity index (χ0) is 26.9. The lowest BCUT2D eigenvalue weighted by molar-refractivity contribution is -0.159. The fraction of sp³-hybridized carbons (Fsp3) is 0.429. The Kier molecular flexibility index (Phi) is 9.79. The lowest BCUT2D eigenvalue weighted by Crippen LogP contribution is -2.46. The summed E-state index contributed by atoms with van der Waals surface area (Å²) in [6.45, 7) is 4.71. The van der Waals surface area contributed by atoms with Crippen molar-refractivity contribution in [2.45, 2.75) is 51.5 Å². The van der Waals surface area contributed by atoms with E-state index >= 15 is 0 Å². The van der Waals surface area contributed by atoms with Gasteiger partial charge in [-0.25, -0.2) is 9.59 Å². The molecule has 198 valence electrons. The van der Waals surface area contributed by atoms with Crippen LogP contribution in [0.1, 0.15) is 53.2 Å². The number of rotatable bonds is 6. The van der Waals surface area contributed by atoms with Crippen LogP contribution in [0.25, 0.3) is 0 Å². The van der Waals surface area contributed by atoms with Crippen LogP contribution >= 0.6 is 0 Å². The van der Waals surface area contributed by atoms with Gasteiger partial charge in [-0.15, -0.1) is 0 Å². The van der Waals surface area contributed by atoms with Gasteiger partial charge in [0.05, 0.1) is 0 Å². The molecule has 0 aromatic heterocycles. The molecule has 2 aliphatic rings. The number of benzene rings is 2. The maximum absolute atomic E-state index is 13.2. The van der Waals surface area contributed by atoms with Crippen molar-refractivity contribution in [3.63, 3.8) is 0 Å². The molecule has 1 saturated heterocycles. The average molecular weight is 510 g/mol. The molecule has 2 aliphatic heterocycles. The zero-order valence-electron chi connectivity index (χ0n) is 21.4.